The molecule has 6 nitrogen and oxygen atoms in total. The normalized spacial score (nSPS) is 10.6. The van der Waals surface area contributed by atoms with Gasteiger partial charge in [-0.2, -0.15) is 5.26 Å². The number of nitriles is 1. The van der Waals surface area contributed by atoms with Crippen molar-refractivity contribution in [2.24, 2.45) is 0 Å². The van der Waals surface area contributed by atoms with Crippen LogP contribution in [0.5, 0.6) is 0 Å². The summed E-state index contributed by atoms with van der Waals surface area (Å²) in [6, 6.07) is 11.9. The Morgan fingerprint density at radius 1 is 1.17 bits per heavy atom. The molecule has 0 aliphatic rings. The van der Waals surface area contributed by atoms with E-state index in [1.54, 1.807) is 30.3 Å². The number of aromatic nitrogens is 3. The molecule has 3 aromatic rings. The maximum atomic E-state index is 12.4. The van der Waals surface area contributed by atoms with E-state index in [-0.39, 0.29) is 11.7 Å². The summed E-state index contributed by atoms with van der Waals surface area (Å²) in [7, 11) is 0. The second-order valence-corrected chi connectivity index (χ2v) is 8.04. The van der Waals surface area contributed by atoms with Gasteiger partial charge in [0.15, 0.2) is 11.0 Å². The van der Waals surface area contributed by atoms with Crippen LogP contribution in [0.4, 0.5) is 5.69 Å². The molecule has 0 radical (unpaired) electrons. The maximum absolute atomic E-state index is 12.4. The van der Waals surface area contributed by atoms with Gasteiger partial charge < -0.3 is 9.88 Å². The molecule has 0 aliphatic carbocycles. The lowest BCUT2D eigenvalue weighted by molar-refractivity contribution is -0.113. The average Bonchev–Trinajstić information content (AvgIpc) is 3.09. The van der Waals surface area contributed by atoms with Gasteiger partial charge in [-0.3, -0.25) is 4.79 Å². The van der Waals surface area contributed by atoms with Gasteiger partial charge in [-0.25, -0.2) is 0 Å². The molecule has 0 bridgehead atoms. The molecular formula is C19H14Cl3N5OS. The van der Waals surface area contributed by atoms with Crippen molar-refractivity contribution in [3.63, 3.8) is 0 Å². The van der Waals surface area contributed by atoms with E-state index in [1.165, 1.54) is 17.8 Å². The van der Waals surface area contributed by atoms with E-state index in [4.69, 9.17) is 40.1 Å². The molecule has 1 aromatic heterocycles. The van der Waals surface area contributed by atoms with Crippen molar-refractivity contribution in [3.05, 3.63) is 57.0 Å². The molecule has 0 atom stereocenters. The van der Waals surface area contributed by atoms with Crippen LogP contribution < -0.4 is 5.32 Å². The average molecular weight is 467 g/mol. The number of amides is 1. The quantitative estimate of drug-likeness (QED) is 0.483. The van der Waals surface area contributed by atoms with Gasteiger partial charge in [-0.1, -0.05) is 46.6 Å². The Bertz CT molecular complexity index is 1110. The highest BCUT2D eigenvalue weighted by Crippen LogP contribution is 2.31. The van der Waals surface area contributed by atoms with Crippen molar-refractivity contribution >= 4 is 58.2 Å². The van der Waals surface area contributed by atoms with Gasteiger partial charge in [0.2, 0.25) is 5.91 Å². The summed E-state index contributed by atoms with van der Waals surface area (Å²) in [6.45, 7) is 2.55. The lowest BCUT2D eigenvalue weighted by Crippen LogP contribution is -2.15. The van der Waals surface area contributed by atoms with E-state index in [9.17, 15) is 4.79 Å². The molecule has 0 fully saturated rings. The molecule has 29 heavy (non-hydrogen) atoms. The Balaban J connectivity index is 1.75. The molecule has 0 saturated carbocycles. The van der Waals surface area contributed by atoms with Gasteiger partial charge in [0.1, 0.15) is 6.07 Å². The first-order valence-corrected chi connectivity index (χ1v) is 10.6. The minimum atomic E-state index is -0.287. The van der Waals surface area contributed by atoms with E-state index in [2.05, 4.69) is 15.5 Å². The summed E-state index contributed by atoms with van der Waals surface area (Å²) in [5.41, 5.74) is 1.42. The number of anilines is 1. The van der Waals surface area contributed by atoms with Crippen LogP contribution in [0.1, 0.15) is 12.5 Å². The molecule has 1 heterocycles. The van der Waals surface area contributed by atoms with E-state index < -0.39 is 0 Å². The fourth-order valence-corrected chi connectivity index (χ4v) is 4.05. The SMILES string of the molecule is CCn1c(SCC(=O)Nc2cc(Cl)ccc2C#N)nnc1-c1ccc(Cl)cc1Cl. The van der Waals surface area contributed by atoms with Crippen molar-refractivity contribution in [2.75, 3.05) is 11.1 Å². The maximum Gasteiger partial charge on any atom is 0.234 e. The molecule has 10 heteroatoms. The highest BCUT2D eigenvalue weighted by atomic mass is 35.5. The number of thioether (sulfide) groups is 1. The zero-order valence-electron chi connectivity index (χ0n) is 15.1. The molecule has 148 valence electrons. The summed E-state index contributed by atoms with van der Waals surface area (Å²) in [6.07, 6.45) is 0. The van der Waals surface area contributed by atoms with Crippen molar-refractivity contribution in [1.82, 2.24) is 14.8 Å². The van der Waals surface area contributed by atoms with Crippen LogP contribution in [0, 0.1) is 11.3 Å². The zero-order chi connectivity index (χ0) is 21.0. The van der Waals surface area contributed by atoms with Crippen LogP contribution >= 0.6 is 46.6 Å². The predicted octanol–water partition coefficient (Wildman–Crippen LogP) is 5.53. The minimum absolute atomic E-state index is 0.0872. The Morgan fingerprint density at radius 3 is 2.59 bits per heavy atom. The first kappa shape index (κ1) is 21.5. The number of carbonyl (C=O) groups is 1. The Hall–Kier alpha value is -2.24. The number of nitrogens with zero attached hydrogens (tertiary/aromatic N) is 4. The van der Waals surface area contributed by atoms with E-state index in [0.29, 0.717) is 49.4 Å². The largest absolute Gasteiger partial charge is 0.324 e. The predicted molar refractivity (Wildman–Crippen MR) is 117 cm³/mol. The third kappa shape index (κ3) is 5.03. The number of halogens is 3. The highest BCUT2D eigenvalue weighted by Gasteiger charge is 2.17. The molecule has 0 saturated heterocycles. The van der Waals surface area contributed by atoms with Crippen LogP contribution in [-0.4, -0.2) is 26.4 Å². The molecular weight excluding hydrogens is 453 g/mol. The van der Waals surface area contributed by atoms with Gasteiger partial charge in [-0.05, 0) is 43.3 Å². The van der Waals surface area contributed by atoms with Crippen LogP contribution in [-0.2, 0) is 11.3 Å². The summed E-state index contributed by atoms with van der Waals surface area (Å²) >= 11 is 19.4. The standard InChI is InChI=1S/C19H14Cl3N5OS/c1-2-27-18(14-6-5-12(20)7-15(14)22)25-26-19(27)29-10-17(28)24-16-8-13(21)4-3-11(16)9-23/h3-8H,2,10H2,1H3,(H,24,28). The molecule has 0 spiro atoms. The molecule has 2 aromatic carbocycles. The first-order chi connectivity index (χ1) is 13.9. The monoisotopic (exact) mass is 465 g/mol. The van der Waals surface area contributed by atoms with Crippen molar-refractivity contribution in [2.45, 2.75) is 18.6 Å². The highest BCUT2D eigenvalue weighted by molar-refractivity contribution is 7.99. The summed E-state index contributed by atoms with van der Waals surface area (Å²) in [4.78, 5) is 12.4. The van der Waals surface area contributed by atoms with Crippen LogP contribution in [0.3, 0.4) is 0 Å². The van der Waals surface area contributed by atoms with Crippen molar-refractivity contribution in [3.8, 4) is 17.5 Å². The van der Waals surface area contributed by atoms with Gasteiger partial charge in [0, 0.05) is 22.2 Å². The number of hydrogen-bond acceptors (Lipinski definition) is 5. The summed E-state index contributed by atoms with van der Waals surface area (Å²) in [5.74, 6) is 0.397. The number of benzene rings is 2. The third-order valence-corrected chi connectivity index (χ3v) is 5.66. The number of rotatable bonds is 6. The smallest absolute Gasteiger partial charge is 0.234 e. The lowest BCUT2D eigenvalue weighted by Gasteiger charge is -2.09. The molecule has 0 unspecified atom stereocenters. The zero-order valence-corrected chi connectivity index (χ0v) is 18.2. The van der Waals surface area contributed by atoms with Gasteiger partial charge in [-0.15, -0.1) is 10.2 Å². The Labute approximate surface area is 186 Å². The lowest BCUT2D eigenvalue weighted by atomic mass is 10.2. The summed E-state index contributed by atoms with van der Waals surface area (Å²) < 4.78 is 1.87. The molecule has 1 N–H and O–H groups in total. The third-order valence-electron chi connectivity index (χ3n) is 3.91. The van der Waals surface area contributed by atoms with E-state index in [1.807, 2.05) is 17.6 Å². The molecule has 0 aliphatic heterocycles. The number of carbonyl (C=O) groups excluding carboxylic acids is 1. The Morgan fingerprint density at radius 2 is 1.90 bits per heavy atom. The van der Waals surface area contributed by atoms with Crippen LogP contribution in [0.25, 0.3) is 11.4 Å². The minimum Gasteiger partial charge on any atom is -0.324 e. The Kier molecular flexibility index (Phi) is 7.04. The van der Waals surface area contributed by atoms with E-state index >= 15 is 0 Å². The molecule has 1 amide bonds. The number of nitrogens with one attached hydrogen (secondary N) is 1. The van der Waals surface area contributed by atoms with Gasteiger partial charge in [0.05, 0.1) is 22.0 Å². The molecule has 3 rings (SSSR count). The topological polar surface area (TPSA) is 83.6 Å². The van der Waals surface area contributed by atoms with Crippen LogP contribution in [0.2, 0.25) is 15.1 Å². The first-order valence-electron chi connectivity index (χ1n) is 8.43. The van der Waals surface area contributed by atoms with Crippen molar-refractivity contribution < 1.29 is 4.79 Å². The van der Waals surface area contributed by atoms with Gasteiger partial charge in [0.25, 0.3) is 0 Å². The second kappa shape index (κ2) is 9.51. The summed E-state index contributed by atoms with van der Waals surface area (Å²) in [5, 5.41) is 22.3. The van der Waals surface area contributed by atoms with E-state index in [0.717, 1.165) is 0 Å². The number of hydrogen-bond donors (Lipinski definition) is 1. The van der Waals surface area contributed by atoms with Gasteiger partial charge >= 0.3 is 0 Å². The fourth-order valence-electron chi connectivity index (χ4n) is 2.58. The van der Waals surface area contributed by atoms with Crippen molar-refractivity contribution in [1.29, 1.82) is 5.26 Å². The van der Waals surface area contributed by atoms with Crippen LogP contribution in [0.15, 0.2) is 41.6 Å². The second-order valence-electron chi connectivity index (χ2n) is 5.81. The fraction of sp³-hybridized carbons (Fsp3) is 0.158.